The van der Waals surface area contributed by atoms with Crippen LogP contribution in [0.4, 0.5) is 11.9 Å². The molecule has 2 aromatic heterocycles. The summed E-state index contributed by atoms with van der Waals surface area (Å²) in [4.78, 5) is 17.1. The Balaban J connectivity index is 2.32. The number of hydrogen-bond donors (Lipinski definition) is 2. The van der Waals surface area contributed by atoms with E-state index in [0.717, 1.165) is 13.0 Å². The first-order chi connectivity index (χ1) is 9.22. The molecule has 0 saturated heterocycles. The van der Waals surface area contributed by atoms with Gasteiger partial charge in [-0.1, -0.05) is 6.92 Å². The van der Waals surface area contributed by atoms with Crippen LogP contribution in [0.25, 0.3) is 5.95 Å². The van der Waals surface area contributed by atoms with E-state index in [1.54, 1.807) is 23.3 Å². The lowest BCUT2D eigenvalue weighted by atomic mass is 10.3. The lowest BCUT2D eigenvalue weighted by Gasteiger charge is -2.13. The molecule has 0 spiro atoms. The van der Waals surface area contributed by atoms with Gasteiger partial charge in [0.15, 0.2) is 0 Å². The molecule has 0 aliphatic rings. The Hall–Kier alpha value is -2.18. The Bertz CT molecular complexity index is 509. The number of rotatable bonds is 6. The summed E-state index contributed by atoms with van der Waals surface area (Å²) in [5.41, 5.74) is 0. The van der Waals surface area contributed by atoms with Crippen molar-refractivity contribution in [3.05, 3.63) is 18.7 Å². The number of hydrogen-bond acceptors (Lipinski definition) is 6. The lowest BCUT2D eigenvalue weighted by molar-refractivity contribution is 0.747. The minimum Gasteiger partial charge on any atom is -0.354 e. The zero-order valence-electron chi connectivity index (χ0n) is 11.5. The number of anilines is 2. The first-order valence-electron chi connectivity index (χ1n) is 6.47. The van der Waals surface area contributed by atoms with Crippen molar-refractivity contribution in [2.24, 2.45) is 0 Å². The average molecular weight is 261 g/mol. The van der Waals surface area contributed by atoms with Gasteiger partial charge in [-0.25, -0.2) is 4.98 Å². The zero-order valence-corrected chi connectivity index (χ0v) is 11.5. The standard InChI is InChI=1S/C12H19N7/c1-4-9(3)15-11-16-10(14-5-2)17-12(18-11)19-7-6-13-8-19/h6-9H,4-5H2,1-3H3,(H2,14,15,16,17,18). The van der Waals surface area contributed by atoms with Crippen LogP contribution in [-0.4, -0.2) is 37.1 Å². The molecular formula is C12H19N7. The van der Waals surface area contributed by atoms with Gasteiger partial charge in [0, 0.05) is 25.0 Å². The largest absolute Gasteiger partial charge is 0.354 e. The fraction of sp³-hybridized carbons (Fsp3) is 0.500. The molecule has 0 aromatic carbocycles. The smallest absolute Gasteiger partial charge is 0.241 e. The summed E-state index contributed by atoms with van der Waals surface area (Å²) in [5.74, 6) is 1.69. The molecule has 1 atom stereocenters. The summed E-state index contributed by atoms with van der Waals surface area (Å²) < 4.78 is 1.75. The van der Waals surface area contributed by atoms with Crippen LogP contribution in [0.5, 0.6) is 0 Å². The summed E-state index contributed by atoms with van der Waals surface area (Å²) in [6, 6.07) is 0.313. The first kappa shape index (κ1) is 13.3. The molecule has 0 radical (unpaired) electrons. The van der Waals surface area contributed by atoms with E-state index in [1.807, 2.05) is 6.92 Å². The molecule has 0 amide bonds. The van der Waals surface area contributed by atoms with Crippen molar-refractivity contribution in [1.82, 2.24) is 24.5 Å². The second kappa shape index (κ2) is 6.12. The molecular weight excluding hydrogens is 242 g/mol. The fourth-order valence-electron chi connectivity index (χ4n) is 1.48. The van der Waals surface area contributed by atoms with Gasteiger partial charge in [-0.3, -0.25) is 4.57 Å². The van der Waals surface area contributed by atoms with Crippen LogP contribution >= 0.6 is 0 Å². The third-order valence-corrected chi connectivity index (χ3v) is 2.68. The quantitative estimate of drug-likeness (QED) is 0.823. The molecule has 2 heterocycles. The van der Waals surface area contributed by atoms with Gasteiger partial charge >= 0.3 is 0 Å². The van der Waals surface area contributed by atoms with Crippen LogP contribution in [0.15, 0.2) is 18.7 Å². The molecule has 2 aromatic rings. The molecule has 0 aliphatic heterocycles. The maximum absolute atomic E-state index is 4.40. The third kappa shape index (κ3) is 3.40. The number of aromatic nitrogens is 5. The van der Waals surface area contributed by atoms with Gasteiger partial charge in [0.25, 0.3) is 0 Å². The highest BCUT2D eigenvalue weighted by Gasteiger charge is 2.09. The van der Waals surface area contributed by atoms with E-state index in [9.17, 15) is 0 Å². The van der Waals surface area contributed by atoms with E-state index < -0.39 is 0 Å². The van der Waals surface area contributed by atoms with E-state index in [1.165, 1.54) is 0 Å². The van der Waals surface area contributed by atoms with Crippen LogP contribution in [0.3, 0.4) is 0 Å². The van der Waals surface area contributed by atoms with E-state index in [2.05, 4.69) is 44.4 Å². The Morgan fingerprint density at radius 3 is 2.63 bits per heavy atom. The van der Waals surface area contributed by atoms with Crippen molar-refractivity contribution < 1.29 is 0 Å². The Morgan fingerprint density at radius 1 is 1.21 bits per heavy atom. The highest BCUT2D eigenvalue weighted by Crippen LogP contribution is 2.10. The topological polar surface area (TPSA) is 80.5 Å². The van der Waals surface area contributed by atoms with E-state index in [4.69, 9.17) is 0 Å². The van der Waals surface area contributed by atoms with Gasteiger partial charge in [0.05, 0.1) is 0 Å². The predicted octanol–water partition coefficient (Wildman–Crippen LogP) is 1.70. The molecule has 7 nitrogen and oxygen atoms in total. The van der Waals surface area contributed by atoms with Crippen molar-refractivity contribution in [1.29, 1.82) is 0 Å². The second-order valence-electron chi connectivity index (χ2n) is 4.24. The van der Waals surface area contributed by atoms with Crippen molar-refractivity contribution in [2.75, 3.05) is 17.2 Å². The lowest BCUT2D eigenvalue weighted by Crippen LogP contribution is -2.18. The molecule has 102 valence electrons. The number of nitrogens with one attached hydrogen (secondary N) is 2. The molecule has 19 heavy (non-hydrogen) atoms. The van der Waals surface area contributed by atoms with Crippen molar-refractivity contribution in [3.8, 4) is 5.95 Å². The maximum atomic E-state index is 4.40. The van der Waals surface area contributed by atoms with Gasteiger partial charge in [-0.2, -0.15) is 15.0 Å². The van der Waals surface area contributed by atoms with Crippen LogP contribution in [0.1, 0.15) is 27.2 Å². The van der Waals surface area contributed by atoms with Crippen molar-refractivity contribution in [3.63, 3.8) is 0 Å². The molecule has 0 aliphatic carbocycles. The summed E-state index contributed by atoms with van der Waals surface area (Å²) in [5, 5.41) is 6.36. The van der Waals surface area contributed by atoms with Crippen LogP contribution in [0, 0.1) is 0 Å². The average Bonchev–Trinajstić information content (AvgIpc) is 2.92. The fourth-order valence-corrected chi connectivity index (χ4v) is 1.48. The van der Waals surface area contributed by atoms with Gasteiger partial charge in [0.2, 0.25) is 17.8 Å². The van der Waals surface area contributed by atoms with E-state index in [0.29, 0.717) is 23.9 Å². The molecule has 2 N–H and O–H groups in total. The summed E-state index contributed by atoms with van der Waals surface area (Å²) in [6.07, 6.45) is 6.16. The highest BCUT2D eigenvalue weighted by atomic mass is 15.3. The Labute approximate surface area is 112 Å². The SMILES string of the molecule is CCNc1nc(NC(C)CC)nc(-n2ccnc2)n1. The maximum Gasteiger partial charge on any atom is 0.241 e. The molecule has 2 rings (SSSR count). The molecule has 1 unspecified atom stereocenters. The van der Waals surface area contributed by atoms with Crippen LogP contribution in [0.2, 0.25) is 0 Å². The number of imidazole rings is 1. The predicted molar refractivity (Wildman–Crippen MR) is 74.5 cm³/mol. The minimum absolute atomic E-state index is 0.313. The van der Waals surface area contributed by atoms with Crippen LogP contribution in [-0.2, 0) is 0 Å². The monoisotopic (exact) mass is 261 g/mol. The summed E-state index contributed by atoms with van der Waals surface area (Å²) in [6.45, 7) is 6.97. The molecule has 0 bridgehead atoms. The second-order valence-corrected chi connectivity index (χ2v) is 4.24. The first-order valence-corrected chi connectivity index (χ1v) is 6.47. The normalized spacial score (nSPS) is 12.2. The van der Waals surface area contributed by atoms with Crippen molar-refractivity contribution >= 4 is 11.9 Å². The minimum atomic E-state index is 0.313. The van der Waals surface area contributed by atoms with E-state index >= 15 is 0 Å². The third-order valence-electron chi connectivity index (χ3n) is 2.68. The van der Waals surface area contributed by atoms with Crippen molar-refractivity contribution in [2.45, 2.75) is 33.2 Å². The summed E-state index contributed by atoms with van der Waals surface area (Å²) >= 11 is 0. The molecule has 0 fully saturated rings. The van der Waals surface area contributed by atoms with Gasteiger partial charge in [-0.05, 0) is 20.3 Å². The van der Waals surface area contributed by atoms with Gasteiger partial charge < -0.3 is 10.6 Å². The van der Waals surface area contributed by atoms with Gasteiger partial charge in [-0.15, -0.1) is 0 Å². The summed E-state index contributed by atoms with van der Waals surface area (Å²) in [7, 11) is 0. The Morgan fingerprint density at radius 2 is 2.00 bits per heavy atom. The zero-order chi connectivity index (χ0) is 13.7. The molecule has 0 saturated carbocycles. The van der Waals surface area contributed by atoms with Crippen LogP contribution < -0.4 is 10.6 Å². The number of nitrogens with zero attached hydrogens (tertiary/aromatic N) is 5. The highest BCUT2D eigenvalue weighted by molar-refractivity contribution is 5.38. The van der Waals surface area contributed by atoms with Gasteiger partial charge in [0.1, 0.15) is 6.33 Å². The van der Waals surface area contributed by atoms with E-state index in [-0.39, 0.29) is 0 Å². The molecule has 7 heteroatoms. The Kier molecular flexibility index (Phi) is 4.27.